The van der Waals surface area contributed by atoms with Gasteiger partial charge in [0, 0.05) is 50.1 Å². The van der Waals surface area contributed by atoms with Crippen molar-refractivity contribution in [2.45, 2.75) is 69.3 Å². The van der Waals surface area contributed by atoms with Crippen LogP contribution in [-0.2, 0) is 4.79 Å². The Balaban J connectivity index is 1.18. The molecule has 1 aromatic rings. The molecule has 10 nitrogen and oxygen atoms in total. The molecule has 0 radical (unpaired) electrons. The highest BCUT2D eigenvalue weighted by Gasteiger charge is 2.52. The molecule has 4 saturated heterocycles. The second-order valence-electron chi connectivity index (χ2n) is 11.3. The molecule has 0 saturated carbocycles. The Morgan fingerprint density at radius 2 is 1.89 bits per heavy atom. The largest absolute Gasteiger partial charge is 0.389 e. The third kappa shape index (κ3) is 5.10. The Morgan fingerprint density at radius 1 is 1.08 bits per heavy atom. The molecule has 6 rings (SSSR count). The van der Waals surface area contributed by atoms with E-state index in [1.54, 1.807) is 0 Å². The standard InChI is InChI=1S/C27H42N8O2/c1-27(37)12-3-2-4-15-34-25(36)21-18-29-26(32-24(21)35(34)23-7-5-6-22(27)31-23)30-19-8-10-20(11-9-19)33-16-13-28-14-17-33/h2,4,8-11,21-24,26,28-32,37H,3,5-7,12-18H2,1H3/b4-2-/t21?,22?,23?,24?,26?,27-/m1/s1. The van der Waals surface area contributed by atoms with Gasteiger partial charge in [-0.2, -0.15) is 5.01 Å². The number of hydrazine groups is 1. The molecule has 4 fully saturated rings. The molecule has 1 aromatic carbocycles. The van der Waals surface area contributed by atoms with Gasteiger partial charge in [0.1, 0.15) is 6.29 Å². The highest BCUT2D eigenvalue weighted by atomic mass is 16.3. The maximum absolute atomic E-state index is 13.5. The molecule has 5 unspecified atom stereocenters. The molecule has 5 aliphatic rings. The summed E-state index contributed by atoms with van der Waals surface area (Å²) >= 11 is 0. The normalized spacial score (nSPS) is 37.9. The van der Waals surface area contributed by atoms with Crippen molar-refractivity contribution < 1.29 is 9.90 Å². The van der Waals surface area contributed by atoms with Crippen molar-refractivity contribution in [3.63, 3.8) is 0 Å². The van der Waals surface area contributed by atoms with E-state index < -0.39 is 5.60 Å². The van der Waals surface area contributed by atoms with Crippen LogP contribution in [0.2, 0.25) is 0 Å². The fourth-order valence-corrected chi connectivity index (χ4v) is 6.59. The number of piperazine rings is 1. The number of allylic oxidation sites excluding steroid dienone is 1. The molecule has 202 valence electrons. The minimum Gasteiger partial charge on any atom is -0.389 e. The van der Waals surface area contributed by atoms with Gasteiger partial charge in [-0.1, -0.05) is 12.2 Å². The van der Waals surface area contributed by atoms with Crippen LogP contribution in [0.25, 0.3) is 0 Å². The third-order valence-corrected chi connectivity index (χ3v) is 8.75. The van der Waals surface area contributed by atoms with Crippen LogP contribution in [0, 0.1) is 5.92 Å². The summed E-state index contributed by atoms with van der Waals surface area (Å²) < 4.78 is 0. The first kappa shape index (κ1) is 25.1. The number of amides is 1. The SMILES string of the molecule is C[C@@]1(O)CC/C=C\CN2C(=O)C3CNC(Nc4ccc(N5CCNCC5)cc4)NC3N2C2CCCC1N2. The molecule has 5 heterocycles. The van der Waals surface area contributed by atoms with Crippen molar-refractivity contribution in [3.05, 3.63) is 36.4 Å². The fourth-order valence-electron chi connectivity index (χ4n) is 6.59. The van der Waals surface area contributed by atoms with Crippen LogP contribution in [-0.4, -0.2) is 90.6 Å². The second-order valence-corrected chi connectivity index (χ2v) is 11.3. The van der Waals surface area contributed by atoms with Gasteiger partial charge in [0.2, 0.25) is 5.91 Å². The number of rotatable bonds is 3. The van der Waals surface area contributed by atoms with E-state index in [1.165, 1.54) is 5.69 Å². The summed E-state index contributed by atoms with van der Waals surface area (Å²) in [6.45, 7) is 7.22. The predicted octanol–water partition coefficient (Wildman–Crippen LogP) is 0.555. The summed E-state index contributed by atoms with van der Waals surface area (Å²) in [5.74, 6) is -0.00410. The molecule has 37 heavy (non-hydrogen) atoms. The molecular formula is C27H42N8O2. The number of fused-ring (bicyclic) bond motifs is 6. The van der Waals surface area contributed by atoms with E-state index in [0.717, 1.165) is 64.0 Å². The van der Waals surface area contributed by atoms with Gasteiger partial charge in [0.15, 0.2) is 0 Å². The number of carbonyl (C=O) groups is 1. The monoisotopic (exact) mass is 510 g/mol. The lowest BCUT2D eigenvalue weighted by Gasteiger charge is -2.47. The maximum atomic E-state index is 13.5. The maximum Gasteiger partial charge on any atom is 0.244 e. The Morgan fingerprint density at radius 3 is 2.70 bits per heavy atom. The van der Waals surface area contributed by atoms with Crippen LogP contribution >= 0.6 is 0 Å². The van der Waals surface area contributed by atoms with E-state index in [9.17, 15) is 9.90 Å². The molecule has 5 aliphatic heterocycles. The first-order chi connectivity index (χ1) is 18.0. The zero-order valence-electron chi connectivity index (χ0n) is 21.8. The molecular weight excluding hydrogens is 468 g/mol. The topological polar surface area (TPSA) is 107 Å². The van der Waals surface area contributed by atoms with Crippen LogP contribution in [0.4, 0.5) is 11.4 Å². The Bertz CT molecular complexity index is 979. The number of carbonyl (C=O) groups excluding carboxylic acids is 1. The Labute approximate surface area is 219 Å². The van der Waals surface area contributed by atoms with Gasteiger partial charge < -0.3 is 20.6 Å². The van der Waals surface area contributed by atoms with Gasteiger partial charge in [0.25, 0.3) is 0 Å². The van der Waals surface area contributed by atoms with Gasteiger partial charge in [-0.3, -0.25) is 25.8 Å². The lowest BCUT2D eigenvalue weighted by molar-refractivity contribution is -0.146. The summed E-state index contributed by atoms with van der Waals surface area (Å²) in [7, 11) is 0. The van der Waals surface area contributed by atoms with Crippen molar-refractivity contribution >= 4 is 17.3 Å². The average molecular weight is 511 g/mol. The van der Waals surface area contributed by atoms with E-state index in [4.69, 9.17) is 0 Å². The van der Waals surface area contributed by atoms with E-state index in [0.29, 0.717) is 13.1 Å². The van der Waals surface area contributed by atoms with Gasteiger partial charge in [0.05, 0.1) is 30.4 Å². The van der Waals surface area contributed by atoms with E-state index in [1.807, 2.05) is 11.9 Å². The number of nitrogens with zero attached hydrogens (tertiary/aromatic N) is 3. The highest BCUT2D eigenvalue weighted by molar-refractivity contribution is 5.82. The molecule has 6 atom stereocenters. The summed E-state index contributed by atoms with van der Waals surface area (Å²) in [5, 5.41) is 33.3. The van der Waals surface area contributed by atoms with Gasteiger partial charge in [-0.05, 0) is 63.3 Å². The van der Waals surface area contributed by atoms with Crippen molar-refractivity contribution in [1.29, 1.82) is 0 Å². The second kappa shape index (κ2) is 10.5. The highest BCUT2D eigenvalue weighted by Crippen LogP contribution is 2.34. The van der Waals surface area contributed by atoms with Crippen LogP contribution < -0.4 is 31.5 Å². The van der Waals surface area contributed by atoms with E-state index >= 15 is 0 Å². The number of benzene rings is 1. The van der Waals surface area contributed by atoms with Gasteiger partial charge in [-0.25, -0.2) is 0 Å². The van der Waals surface area contributed by atoms with Crippen molar-refractivity contribution in [2.24, 2.45) is 5.92 Å². The zero-order chi connectivity index (χ0) is 25.4. The smallest absolute Gasteiger partial charge is 0.244 e. The zero-order valence-corrected chi connectivity index (χ0v) is 21.8. The average Bonchev–Trinajstić information content (AvgIpc) is 3.19. The molecule has 0 aromatic heterocycles. The first-order valence-electron chi connectivity index (χ1n) is 14.0. The molecule has 0 aliphatic carbocycles. The van der Waals surface area contributed by atoms with Crippen LogP contribution in [0.1, 0.15) is 39.0 Å². The Kier molecular flexibility index (Phi) is 7.13. The molecule has 1 amide bonds. The minimum atomic E-state index is -0.774. The number of nitrogens with one attached hydrogen (secondary N) is 5. The van der Waals surface area contributed by atoms with Crippen LogP contribution in [0.3, 0.4) is 0 Å². The van der Waals surface area contributed by atoms with E-state index in [2.05, 4.69) is 72.9 Å². The van der Waals surface area contributed by atoms with Gasteiger partial charge >= 0.3 is 0 Å². The first-order valence-corrected chi connectivity index (χ1v) is 14.0. The summed E-state index contributed by atoms with van der Waals surface area (Å²) in [4.78, 5) is 15.9. The summed E-state index contributed by atoms with van der Waals surface area (Å²) in [6, 6.07) is 8.63. The fraction of sp³-hybridized carbons (Fsp3) is 0.667. The summed E-state index contributed by atoms with van der Waals surface area (Å²) in [6.07, 6.45) is 8.36. The van der Waals surface area contributed by atoms with Crippen molar-refractivity contribution in [2.75, 3.05) is 49.5 Å². The molecule has 10 heteroatoms. The summed E-state index contributed by atoms with van der Waals surface area (Å²) in [5.41, 5.74) is 1.51. The predicted molar refractivity (Wildman–Crippen MR) is 144 cm³/mol. The lowest BCUT2D eigenvalue weighted by Crippen LogP contribution is -2.69. The van der Waals surface area contributed by atoms with Crippen molar-refractivity contribution in [1.82, 2.24) is 31.3 Å². The Hall–Kier alpha value is -2.21. The minimum absolute atomic E-state index is 0.000223. The molecule has 2 bridgehead atoms. The van der Waals surface area contributed by atoms with Crippen LogP contribution in [0.15, 0.2) is 36.4 Å². The number of aliphatic hydroxyl groups is 1. The third-order valence-electron chi connectivity index (χ3n) is 8.75. The van der Waals surface area contributed by atoms with Crippen LogP contribution in [0.5, 0.6) is 0 Å². The quantitative estimate of drug-likeness (QED) is 0.325. The number of hydrogen-bond donors (Lipinski definition) is 6. The molecule has 6 N–H and O–H groups in total. The van der Waals surface area contributed by atoms with Gasteiger partial charge in [-0.15, -0.1) is 0 Å². The van der Waals surface area contributed by atoms with Crippen molar-refractivity contribution in [3.8, 4) is 0 Å². The van der Waals surface area contributed by atoms with E-state index in [-0.39, 0.29) is 36.5 Å². The number of hydrogen-bond acceptors (Lipinski definition) is 9. The number of piperidine rings is 1. The number of anilines is 2. The molecule has 0 spiro atoms. The lowest BCUT2D eigenvalue weighted by atomic mass is 9.85.